The number of hydrogen-bond acceptors (Lipinski definition) is 8. The molecule has 152 valence electrons. The first-order valence-corrected chi connectivity index (χ1v) is 9.35. The number of nitrogens with zero attached hydrogens (tertiary/aromatic N) is 1. The highest BCUT2D eigenvalue weighted by molar-refractivity contribution is 7.99. The number of non-ortho nitro benzene ring substituents is 1. The Hall–Kier alpha value is -3.11. The van der Waals surface area contributed by atoms with E-state index in [9.17, 15) is 24.5 Å². The third kappa shape index (κ3) is 6.77. The average Bonchev–Trinajstić information content (AvgIpc) is 2.68. The van der Waals surface area contributed by atoms with E-state index in [1.165, 1.54) is 23.9 Å². The zero-order valence-corrected chi connectivity index (χ0v) is 16.6. The molecule has 0 atom stereocenters. The summed E-state index contributed by atoms with van der Waals surface area (Å²) in [5, 5.41) is 13.5. The molecule has 0 saturated carbocycles. The molecule has 2 aromatic carbocycles. The number of esters is 1. The molecule has 0 aromatic heterocycles. The lowest BCUT2D eigenvalue weighted by Gasteiger charge is -2.10. The Bertz CT molecular complexity index is 934. The number of rotatable bonds is 7. The van der Waals surface area contributed by atoms with E-state index in [2.05, 4.69) is 4.74 Å². The Labute approximate surface area is 174 Å². The van der Waals surface area contributed by atoms with Crippen LogP contribution in [0.3, 0.4) is 0 Å². The smallest absolute Gasteiger partial charge is 0.413 e. The average molecular weight is 439 g/mol. The molecule has 0 aliphatic rings. The highest BCUT2D eigenvalue weighted by Gasteiger charge is 2.20. The zero-order valence-electron chi connectivity index (χ0n) is 15.0. The van der Waals surface area contributed by atoms with Crippen molar-refractivity contribution in [1.29, 1.82) is 0 Å². The molecule has 11 heteroatoms. The van der Waals surface area contributed by atoms with Gasteiger partial charge in [0.15, 0.2) is 6.61 Å². The molecule has 0 saturated heterocycles. The molecule has 2 rings (SSSR count). The molecule has 0 spiro atoms. The van der Waals surface area contributed by atoms with Crippen LogP contribution in [0, 0.1) is 10.1 Å². The fraction of sp³-hybridized carbons (Fsp3) is 0.167. The van der Waals surface area contributed by atoms with Crippen LogP contribution in [-0.4, -0.2) is 36.1 Å². The summed E-state index contributed by atoms with van der Waals surface area (Å²) >= 11 is 7.02. The number of alkyl carbamates (subject to hydrolysis) is 1. The molecule has 0 bridgehead atoms. The van der Waals surface area contributed by atoms with E-state index < -0.39 is 29.5 Å². The summed E-state index contributed by atoms with van der Waals surface area (Å²) < 4.78 is 9.43. The van der Waals surface area contributed by atoms with Crippen molar-refractivity contribution in [3.63, 3.8) is 0 Å². The van der Waals surface area contributed by atoms with Gasteiger partial charge in [0.05, 0.1) is 17.1 Å². The van der Waals surface area contributed by atoms with Crippen molar-refractivity contribution in [3.05, 3.63) is 63.2 Å². The van der Waals surface area contributed by atoms with Crippen LogP contribution in [0.15, 0.2) is 52.3 Å². The number of amides is 2. The minimum Gasteiger partial charge on any atom is -0.452 e. The van der Waals surface area contributed by atoms with Crippen LogP contribution in [0.25, 0.3) is 0 Å². The fourth-order valence-electron chi connectivity index (χ4n) is 2.04. The number of nitrogens with one attached hydrogen (secondary N) is 1. The van der Waals surface area contributed by atoms with Crippen molar-refractivity contribution in [1.82, 2.24) is 5.32 Å². The lowest BCUT2D eigenvalue weighted by molar-refractivity contribution is -0.384. The molecule has 29 heavy (non-hydrogen) atoms. The van der Waals surface area contributed by atoms with Gasteiger partial charge in [-0.15, -0.1) is 0 Å². The van der Waals surface area contributed by atoms with Gasteiger partial charge in [-0.2, -0.15) is 0 Å². The number of carbonyl (C=O) groups excluding carboxylic acids is 3. The number of benzene rings is 2. The van der Waals surface area contributed by atoms with Crippen molar-refractivity contribution in [2.24, 2.45) is 0 Å². The fourth-order valence-corrected chi connectivity index (χ4v) is 3.08. The van der Waals surface area contributed by atoms with E-state index in [1.807, 2.05) is 5.32 Å². The number of nitro groups is 1. The molecule has 0 radical (unpaired) electrons. The Morgan fingerprint density at radius 1 is 1.14 bits per heavy atom. The third-order valence-electron chi connectivity index (χ3n) is 3.29. The molecule has 2 aromatic rings. The second kappa shape index (κ2) is 10.4. The van der Waals surface area contributed by atoms with Gasteiger partial charge < -0.3 is 9.47 Å². The summed E-state index contributed by atoms with van der Waals surface area (Å²) in [6, 6.07) is 10.5. The Kier molecular flexibility index (Phi) is 7.98. The molecule has 1 N–H and O–H groups in total. The van der Waals surface area contributed by atoms with Gasteiger partial charge in [-0.05, 0) is 37.3 Å². The Morgan fingerprint density at radius 3 is 2.45 bits per heavy atom. The van der Waals surface area contributed by atoms with Crippen LogP contribution in [0.4, 0.5) is 10.5 Å². The van der Waals surface area contributed by atoms with Crippen LogP contribution in [0.5, 0.6) is 0 Å². The van der Waals surface area contributed by atoms with Crippen molar-refractivity contribution < 1.29 is 28.8 Å². The first kappa shape index (κ1) is 22.2. The molecule has 0 unspecified atom stereocenters. The highest BCUT2D eigenvalue weighted by Crippen LogP contribution is 2.33. The first-order chi connectivity index (χ1) is 13.8. The molecular weight excluding hydrogens is 424 g/mol. The normalized spacial score (nSPS) is 10.1. The summed E-state index contributed by atoms with van der Waals surface area (Å²) in [5.41, 5.74) is -0.406. The minimum atomic E-state index is -0.970. The van der Waals surface area contributed by atoms with Crippen molar-refractivity contribution in [2.75, 3.05) is 13.2 Å². The molecule has 2 amide bonds. The van der Waals surface area contributed by atoms with E-state index in [1.54, 1.807) is 31.2 Å². The molecule has 0 aliphatic carbocycles. The Balaban J connectivity index is 2.17. The number of hydrogen-bond donors (Lipinski definition) is 1. The van der Waals surface area contributed by atoms with Gasteiger partial charge in [0, 0.05) is 26.9 Å². The molecule has 0 fully saturated rings. The van der Waals surface area contributed by atoms with Gasteiger partial charge in [-0.25, -0.2) is 9.59 Å². The van der Waals surface area contributed by atoms with E-state index in [4.69, 9.17) is 16.3 Å². The largest absolute Gasteiger partial charge is 0.452 e. The van der Waals surface area contributed by atoms with Gasteiger partial charge in [0.1, 0.15) is 0 Å². The maximum Gasteiger partial charge on any atom is 0.413 e. The molecular formula is C18H15ClN2O7S. The topological polar surface area (TPSA) is 125 Å². The van der Waals surface area contributed by atoms with E-state index in [0.29, 0.717) is 9.92 Å². The van der Waals surface area contributed by atoms with Crippen LogP contribution in [0.2, 0.25) is 5.02 Å². The predicted molar refractivity (Wildman–Crippen MR) is 104 cm³/mol. The molecule has 9 nitrogen and oxygen atoms in total. The number of ether oxygens (including phenoxy) is 2. The first-order valence-electron chi connectivity index (χ1n) is 8.15. The highest BCUT2D eigenvalue weighted by atomic mass is 35.5. The van der Waals surface area contributed by atoms with Crippen LogP contribution in [-0.2, 0) is 14.3 Å². The van der Waals surface area contributed by atoms with Crippen molar-refractivity contribution in [3.8, 4) is 0 Å². The maximum absolute atomic E-state index is 12.4. The summed E-state index contributed by atoms with van der Waals surface area (Å²) in [4.78, 5) is 46.8. The number of imide groups is 1. The quantitative estimate of drug-likeness (QED) is 0.392. The summed E-state index contributed by atoms with van der Waals surface area (Å²) in [5.74, 6) is -1.85. The second-order valence-corrected chi connectivity index (χ2v) is 6.89. The van der Waals surface area contributed by atoms with Gasteiger partial charge in [-0.3, -0.25) is 20.2 Å². The number of carbonyl (C=O) groups is 3. The lowest BCUT2D eigenvalue weighted by atomic mass is 10.2. The summed E-state index contributed by atoms with van der Waals surface area (Å²) in [7, 11) is 0. The van der Waals surface area contributed by atoms with E-state index >= 15 is 0 Å². The SMILES string of the molecule is CCOC(=O)NC(=O)COC(=O)c1cc([N+](=O)[O-])ccc1Sc1ccc(Cl)cc1. The van der Waals surface area contributed by atoms with Gasteiger partial charge >= 0.3 is 12.1 Å². The summed E-state index contributed by atoms with van der Waals surface area (Å²) in [6.45, 7) is 0.871. The zero-order chi connectivity index (χ0) is 21.4. The standard InChI is InChI=1S/C18H15ClN2O7S/c1-2-27-18(24)20-16(22)10-28-17(23)14-9-12(21(25)26)5-8-15(14)29-13-6-3-11(19)4-7-13/h3-9H,2,10H2,1H3,(H,20,22,24). The summed E-state index contributed by atoms with van der Waals surface area (Å²) in [6.07, 6.45) is -0.970. The van der Waals surface area contributed by atoms with Gasteiger partial charge in [0.25, 0.3) is 11.6 Å². The molecule has 0 heterocycles. The maximum atomic E-state index is 12.4. The number of nitro benzene ring substituents is 1. The minimum absolute atomic E-state index is 0.0673. The van der Waals surface area contributed by atoms with Gasteiger partial charge in [0.2, 0.25) is 0 Å². The van der Waals surface area contributed by atoms with E-state index in [-0.39, 0.29) is 17.9 Å². The Morgan fingerprint density at radius 2 is 1.83 bits per heavy atom. The van der Waals surface area contributed by atoms with Gasteiger partial charge in [-0.1, -0.05) is 23.4 Å². The van der Waals surface area contributed by atoms with Crippen LogP contribution >= 0.6 is 23.4 Å². The molecule has 0 aliphatic heterocycles. The van der Waals surface area contributed by atoms with Crippen molar-refractivity contribution in [2.45, 2.75) is 16.7 Å². The van der Waals surface area contributed by atoms with Crippen LogP contribution < -0.4 is 5.32 Å². The van der Waals surface area contributed by atoms with E-state index in [0.717, 1.165) is 11.0 Å². The predicted octanol–water partition coefficient (Wildman–Crippen LogP) is 3.83. The van der Waals surface area contributed by atoms with Crippen molar-refractivity contribution >= 4 is 47.0 Å². The third-order valence-corrected chi connectivity index (χ3v) is 4.62. The second-order valence-electron chi connectivity index (χ2n) is 5.34. The number of halogens is 1. The van der Waals surface area contributed by atoms with Crippen LogP contribution in [0.1, 0.15) is 17.3 Å². The monoisotopic (exact) mass is 438 g/mol. The lowest BCUT2D eigenvalue weighted by Crippen LogP contribution is -2.34.